The van der Waals surface area contributed by atoms with Crippen LogP contribution in [0.2, 0.25) is 0 Å². The fraction of sp³-hybridized carbons (Fsp3) is 0.833. The van der Waals surface area contributed by atoms with E-state index in [0.717, 1.165) is 5.92 Å². The van der Waals surface area contributed by atoms with Crippen molar-refractivity contribution in [3.8, 4) is 0 Å². The lowest BCUT2D eigenvalue weighted by atomic mass is 9.89. The third kappa shape index (κ3) is 1.96. The minimum Gasteiger partial charge on any atom is -0.322 e. The van der Waals surface area contributed by atoms with Crippen LogP contribution >= 0.6 is 0 Å². The zero-order chi connectivity index (χ0) is 9.53. The highest BCUT2D eigenvalue weighted by Crippen LogP contribution is 2.55. The summed E-state index contributed by atoms with van der Waals surface area (Å²) in [6.45, 7) is 4.69. The summed E-state index contributed by atoms with van der Waals surface area (Å²) in [5.74, 6) is 0.838. The van der Waals surface area contributed by atoms with Crippen molar-refractivity contribution in [2.45, 2.75) is 51.5 Å². The van der Waals surface area contributed by atoms with E-state index in [1.807, 2.05) is 0 Å². The van der Waals surface area contributed by atoms with Gasteiger partial charge in [-0.15, -0.1) is 0 Å². The number of allylic oxidation sites excluding steroid dienone is 1. The molecule has 0 saturated heterocycles. The molecule has 0 unspecified atom stereocenters. The molecule has 0 aliphatic heterocycles. The van der Waals surface area contributed by atoms with Crippen LogP contribution in [0, 0.1) is 11.3 Å². The van der Waals surface area contributed by atoms with Gasteiger partial charge < -0.3 is 5.73 Å². The highest BCUT2D eigenvalue weighted by atomic mass is 14.8. The van der Waals surface area contributed by atoms with Gasteiger partial charge in [-0.2, -0.15) is 0 Å². The summed E-state index contributed by atoms with van der Waals surface area (Å²) in [6, 6.07) is 0. The van der Waals surface area contributed by atoms with Crippen molar-refractivity contribution in [3.05, 3.63) is 12.2 Å². The molecule has 0 amide bonds. The van der Waals surface area contributed by atoms with Gasteiger partial charge in [0.2, 0.25) is 0 Å². The Kier molecular flexibility index (Phi) is 2.03. The van der Waals surface area contributed by atoms with E-state index in [4.69, 9.17) is 5.73 Å². The second-order valence-corrected chi connectivity index (χ2v) is 5.36. The maximum atomic E-state index is 5.99. The summed E-state index contributed by atoms with van der Waals surface area (Å²) in [5, 5.41) is 0. The molecule has 1 nitrogen and oxygen atoms in total. The van der Waals surface area contributed by atoms with Gasteiger partial charge in [0.05, 0.1) is 0 Å². The molecule has 13 heavy (non-hydrogen) atoms. The Hall–Kier alpha value is -0.300. The highest BCUT2D eigenvalue weighted by Gasteiger charge is 2.44. The average Bonchev–Trinajstić information content (AvgIpc) is 2.90. The lowest BCUT2D eigenvalue weighted by Crippen LogP contribution is -2.18. The third-order valence-electron chi connectivity index (χ3n) is 3.92. The van der Waals surface area contributed by atoms with Gasteiger partial charge >= 0.3 is 0 Å². The molecule has 2 aliphatic carbocycles. The smallest absolute Gasteiger partial charge is 0.0340 e. The van der Waals surface area contributed by atoms with Gasteiger partial charge in [-0.3, -0.25) is 0 Å². The van der Waals surface area contributed by atoms with Crippen LogP contribution in [0.4, 0.5) is 0 Å². The molecule has 0 spiro atoms. The van der Waals surface area contributed by atoms with Gasteiger partial charge in [-0.05, 0) is 43.4 Å². The van der Waals surface area contributed by atoms with Crippen LogP contribution in [0.1, 0.15) is 46.0 Å². The number of hydrogen-bond acceptors (Lipinski definition) is 1. The van der Waals surface area contributed by atoms with Gasteiger partial charge in [0, 0.05) is 5.54 Å². The molecule has 0 aromatic carbocycles. The normalized spacial score (nSPS) is 28.3. The summed E-state index contributed by atoms with van der Waals surface area (Å²) < 4.78 is 0. The number of nitrogens with two attached hydrogens (primary N) is 1. The number of rotatable bonds is 4. The molecule has 2 saturated carbocycles. The molecular formula is C12H21N. The summed E-state index contributed by atoms with van der Waals surface area (Å²) in [4.78, 5) is 0. The van der Waals surface area contributed by atoms with Gasteiger partial charge in [-0.1, -0.05) is 26.0 Å². The van der Waals surface area contributed by atoms with Crippen molar-refractivity contribution < 1.29 is 0 Å². The molecule has 0 atom stereocenters. The van der Waals surface area contributed by atoms with Crippen molar-refractivity contribution in [1.29, 1.82) is 0 Å². The Labute approximate surface area is 81.4 Å². The zero-order valence-corrected chi connectivity index (χ0v) is 8.84. The van der Waals surface area contributed by atoms with Crippen LogP contribution in [0.15, 0.2) is 12.2 Å². The SMILES string of the molecule is CC(C)C1(CC=CC2(N)CC2)CC1. The molecule has 0 radical (unpaired) electrons. The van der Waals surface area contributed by atoms with Crippen LogP contribution < -0.4 is 5.73 Å². The van der Waals surface area contributed by atoms with E-state index in [2.05, 4.69) is 26.0 Å². The first-order valence-corrected chi connectivity index (χ1v) is 5.53. The van der Waals surface area contributed by atoms with E-state index < -0.39 is 0 Å². The molecular weight excluding hydrogens is 158 g/mol. The minimum atomic E-state index is 0.104. The zero-order valence-electron chi connectivity index (χ0n) is 8.84. The van der Waals surface area contributed by atoms with Crippen LogP contribution in [-0.2, 0) is 0 Å². The maximum Gasteiger partial charge on any atom is 0.0340 e. The Balaban J connectivity index is 1.82. The molecule has 2 aliphatic rings. The molecule has 0 aromatic rings. The number of hydrogen-bond donors (Lipinski definition) is 1. The molecule has 74 valence electrons. The monoisotopic (exact) mass is 179 g/mol. The van der Waals surface area contributed by atoms with Crippen LogP contribution in [0.25, 0.3) is 0 Å². The molecule has 0 heterocycles. The third-order valence-corrected chi connectivity index (χ3v) is 3.92. The first-order valence-electron chi connectivity index (χ1n) is 5.53. The van der Waals surface area contributed by atoms with Crippen molar-refractivity contribution in [1.82, 2.24) is 0 Å². The highest BCUT2D eigenvalue weighted by molar-refractivity contribution is 5.16. The van der Waals surface area contributed by atoms with E-state index in [1.54, 1.807) is 0 Å². The molecule has 0 aromatic heterocycles. The molecule has 0 bridgehead atoms. The fourth-order valence-corrected chi connectivity index (χ4v) is 2.02. The van der Waals surface area contributed by atoms with E-state index >= 15 is 0 Å². The van der Waals surface area contributed by atoms with Gasteiger partial charge in [0.15, 0.2) is 0 Å². The van der Waals surface area contributed by atoms with Crippen molar-refractivity contribution >= 4 is 0 Å². The minimum absolute atomic E-state index is 0.104. The van der Waals surface area contributed by atoms with E-state index in [9.17, 15) is 0 Å². The largest absolute Gasteiger partial charge is 0.322 e. The fourth-order valence-electron chi connectivity index (χ4n) is 2.02. The first-order chi connectivity index (χ1) is 6.06. The predicted molar refractivity (Wildman–Crippen MR) is 56.4 cm³/mol. The van der Waals surface area contributed by atoms with Crippen LogP contribution in [0.3, 0.4) is 0 Å². The van der Waals surface area contributed by atoms with Gasteiger partial charge in [-0.25, -0.2) is 0 Å². The maximum absolute atomic E-state index is 5.99. The lowest BCUT2D eigenvalue weighted by molar-refractivity contribution is 0.363. The summed E-state index contributed by atoms with van der Waals surface area (Å²) in [5.41, 5.74) is 6.74. The van der Waals surface area contributed by atoms with Crippen molar-refractivity contribution in [2.75, 3.05) is 0 Å². The average molecular weight is 179 g/mol. The molecule has 2 fully saturated rings. The quantitative estimate of drug-likeness (QED) is 0.660. The summed E-state index contributed by atoms with van der Waals surface area (Å²) in [6.07, 6.45) is 11.1. The van der Waals surface area contributed by atoms with E-state index in [0.29, 0.717) is 5.41 Å². The van der Waals surface area contributed by atoms with Crippen molar-refractivity contribution in [2.24, 2.45) is 17.1 Å². The van der Waals surface area contributed by atoms with Crippen LogP contribution in [0.5, 0.6) is 0 Å². The molecule has 2 N–H and O–H groups in total. The predicted octanol–water partition coefficient (Wildman–Crippen LogP) is 2.86. The molecule has 1 heteroatoms. The standard InChI is InChI=1S/C12H21N/c1-10(2)11(6-7-11)4-3-5-12(13)8-9-12/h3,5,10H,4,6-9,13H2,1-2H3. The van der Waals surface area contributed by atoms with Crippen LogP contribution in [-0.4, -0.2) is 5.54 Å². The Morgan fingerprint density at radius 1 is 1.23 bits per heavy atom. The topological polar surface area (TPSA) is 26.0 Å². The Morgan fingerprint density at radius 2 is 1.85 bits per heavy atom. The van der Waals surface area contributed by atoms with Gasteiger partial charge in [0.25, 0.3) is 0 Å². The second-order valence-electron chi connectivity index (χ2n) is 5.36. The lowest BCUT2D eigenvalue weighted by Gasteiger charge is -2.17. The Morgan fingerprint density at radius 3 is 2.23 bits per heavy atom. The first kappa shape index (κ1) is 9.26. The summed E-state index contributed by atoms with van der Waals surface area (Å²) in [7, 11) is 0. The Bertz CT molecular complexity index is 219. The van der Waals surface area contributed by atoms with E-state index in [1.165, 1.54) is 32.1 Å². The molecule has 2 rings (SSSR count). The van der Waals surface area contributed by atoms with Gasteiger partial charge in [0.1, 0.15) is 0 Å². The summed E-state index contributed by atoms with van der Waals surface area (Å²) >= 11 is 0. The van der Waals surface area contributed by atoms with Crippen molar-refractivity contribution in [3.63, 3.8) is 0 Å². The second kappa shape index (κ2) is 2.84. The van der Waals surface area contributed by atoms with E-state index in [-0.39, 0.29) is 5.54 Å².